The standard InChI is InChI=1S/C26H30N4O/c1-19(23-13-12-22-9-3-4-10-24(22)16-23)29-26(27-2)28-17-20-7-5-8-21(15-20)18-30-14-6-11-25(30)31/h3-5,7-10,12-13,15-16,19H,6,11,14,17-18H2,1-2H3,(H2,27,28,29). The quantitative estimate of drug-likeness (QED) is 0.465. The highest BCUT2D eigenvalue weighted by Crippen LogP contribution is 2.20. The lowest BCUT2D eigenvalue weighted by Crippen LogP contribution is -2.38. The molecule has 1 saturated heterocycles. The zero-order valence-corrected chi connectivity index (χ0v) is 18.3. The minimum absolute atomic E-state index is 0.128. The molecule has 5 heteroatoms. The van der Waals surface area contributed by atoms with Crippen LogP contribution in [0.1, 0.15) is 42.5 Å². The lowest BCUT2D eigenvalue weighted by molar-refractivity contribution is -0.128. The molecule has 0 saturated carbocycles. The number of rotatable bonds is 6. The van der Waals surface area contributed by atoms with Gasteiger partial charge in [-0.3, -0.25) is 9.79 Å². The van der Waals surface area contributed by atoms with Gasteiger partial charge in [0.1, 0.15) is 0 Å². The predicted molar refractivity (Wildman–Crippen MR) is 127 cm³/mol. The Kier molecular flexibility index (Phi) is 6.51. The summed E-state index contributed by atoms with van der Waals surface area (Å²) in [7, 11) is 1.79. The number of nitrogens with one attached hydrogen (secondary N) is 2. The van der Waals surface area contributed by atoms with E-state index in [9.17, 15) is 4.79 Å². The normalized spacial score (nSPS) is 15.4. The van der Waals surface area contributed by atoms with Crippen molar-refractivity contribution in [2.45, 2.75) is 38.9 Å². The molecular formula is C26H30N4O. The molecular weight excluding hydrogens is 384 g/mol. The molecule has 0 aromatic heterocycles. The number of nitrogens with zero attached hydrogens (tertiary/aromatic N) is 2. The number of benzene rings is 3. The van der Waals surface area contributed by atoms with Crippen LogP contribution in [-0.2, 0) is 17.9 Å². The van der Waals surface area contributed by atoms with Gasteiger partial charge in [-0.05, 0) is 46.9 Å². The summed E-state index contributed by atoms with van der Waals surface area (Å²) in [6.07, 6.45) is 1.65. The summed E-state index contributed by atoms with van der Waals surface area (Å²) in [5.41, 5.74) is 3.56. The van der Waals surface area contributed by atoms with Crippen LogP contribution in [0, 0.1) is 0 Å². The van der Waals surface area contributed by atoms with Crippen molar-refractivity contribution in [3.63, 3.8) is 0 Å². The summed E-state index contributed by atoms with van der Waals surface area (Å²) in [4.78, 5) is 18.2. The zero-order chi connectivity index (χ0) is 21.6. The second kappa shape index (κ2) is 9.65. The number of hydrogen-bond acceptors (Lipinski definition) is 2. The maximum Gasteiger partial charge on any atom is 0.222 e. The Labute approximate surface area is 184 Å². The van der Waals surface area contributed by atoms with Crippen LogP contribution in [0.15, 0.2) is 71.7 Å². The fraction of sp³-hybridized carbons (Fsp3) is 0.308. The highest BCUT2D eigenvalue weighted by Gasteiger charge is 2.20. The second-order valence-electron chi connectivity index (χ2n) is 8.14. The predicted octanol–water partition coefficient (Wildman–Crippen LogP) is 4.39. The molecule has 1 unspecified atom stereocenters. The van der Waals surface area contributed by atoms with Crippen LogP contribution in [0.2, 0.25) is 0 Å². The molecule has 2 N–H and O–H groups in total. The van der Waals surface area contributed by atoms with Crippen molar-refractivity contribution in [1.82, 2.24) is 15.5 Å². The molecule has 1 atom stereocenters. The molecule has 1 aliphatic rings. The fourth-order valence-corrected chi connectivity index (χ4v) is 4.08. The van der Waals surface area contributed by atoms with Gasteiger partial charge in [0.05, 0.1) is 6.04 Å². The Balaban J connectivity index is 1.35. The number of aliphatic imine (C=N–C) groups is 1. The lowest BCUT2D eigenvalue weighted by Gasteiger charge is -2.19. The van der Waals surface area contributed by atoms with Crippen molar-refractivity contribution in [2.24, 2.45) is 4.99 Å². The number of likely N-dealkylation sites (tertiary alicyclic amines) is 1. The van der Waals surface area contributed by atoms with E-state index in [1.54, 1.807) is 7.05 Å². The summed E-state index contributed by atoms with van der Waals surface area (Å²) in [6.45, 7) is 4.37. The van der Waals surface area contributed by atoms with E-state index >= 15 is 0 Å². The Morgan fingerprint density at radius 2 is 1.84 bits per heavy atom. The molecule has 1 heterocycles. The van der Waals surface area contributed by atoms with E-state index in [-0.39, 0.29) is 11.9 Å². The van der Waals surface area contributed by atoms with E-state index in [0.29, 0.717) is 19.5 Å². The molecule has 0 spiro atoms. The third-order valence-corrected chi connectivity index (χ3v) is 5.85. The summed E-state index contributed by atoms with van der Waals surface area (Å²) >= 11 is 0. The van der Waals surface area contributed by atoms with E-state index in [1.165, 1.54) is 27.5 Å². The van der Waals surface area contributed by atoms with Gasteiger partial charge in [0.25, 0.3) is 0 Å². The number of amides is 1. The summed E-state index contributed by atoms with van der Waals surface area (Å²) in [6, 6.07) is 23.5. The van der Waals surface area contributed by atoms with Crippen LogP contribution >= 0.6 is 0 Å². The highest BCUT2D eigenvalue weighted by atomic mass is 16.2. The van der Waals surface area contributed by atoms with Gasteiger partial charge < -0.3 is 15.5 Å². The fourth-order valence-electron chi connectivity index (χ4n) is 4.08. The van der Waals surface area contributed by atoms with E-state index < -0.39 is 0 Å². The van der Waals surface area contributed by atoms with Crippen LogP contribution in [0.25, 0.3) is 10.8 Å². The van der Waals surface area contributed by atoms with Gasteiger partial charge in [0.15, 0.2) is 5.96 Å². The molecule has 0 radical (unpaired) electrons. The zero-order valence-electron chi connectivity index (χ0n) is 18.3. The van der Waals surface area contributed by atoms with E-state index in [2.05, 4.69) is 89.3 Å². The van der Waals surface area contributed by atoms with Gasteiger partial charge in [-0.15, -0.1) is 0 Å². The largest absolute Gasteiger partial charge is 0.352 e. The summed E-state index contributed by atoms with van der Waals surface area (Å²) in [5, 5.41) is 9.38. The molecule has 4 rings (SSSR count). The first-order valence-corrected chi connectivity index (χ1v) is 10.9. The molecule has 0 aliphatic carbocycles. The van der Waals surface area contributed by atoms with Crippen molar-refractivity contribution >= 4 is 22.6 Å². The first kappa shape index (κ1) is 20.9. The maximum atomic E-state index is 11.9. The first-order chi connectivity index (χ1) is 15.1. The molecule has 1 fully saturated rings. The van der Waals surface area contributed by atoms with Gasteiger partial charge in [-0.25, -0.2) is 0 Å². The molecule has 1 amide bonds. The average Bonchev–Trinajstić information content (AvgIpc) is 3.20. The maximum absolute atomic E-state index is 11.9. The Morgan fingerprint density at radius 1 is 1.03 bits per heavy atom. The third kappa shape index (κ3) is 5.23. The van der Waals surface area contributed by atoms with E-state index in [4.69, 9.17) is 0 Å². The lowest BCUT2D eigenvalue weighted by atomic mass is 10.0. The van der Waals surface area contributed by atoms with Crippen molar-refractivity contribution in [3.8, 4) is 0 Å². The molecule has 0 bridgehead atoms. The Morgan fingerprint density at radius 3 is 2.61 bits per heavy atom. The molecule has 1 aliphatic heterocycles. The van der Waals surface area contributed by atoms with Gasteiger partial charge >= 0.3 is 0 Å². The third-order valence-electron chi connectivity index (χ3n) is 5.85. The van der Waals surface area contributed by atoms with Crippen LogP contribution in [-0.4, -0.2) is 30.4 Å². The number of fused-ring (bicyclic) bond motifs is 1. The van der Waals surface area contributed by atoms with Crippen LogP contribution < -0.4 is 10.6 Å². The Bertz CT molecular complexity index is 1090. The van der Waals surface area contributed by atoms with Gasteiger partial charge in [-0.1, -0.05) is 60.7 Å². The second-order valence-corrected chi connectivity index (χ2v) is 8.14. The average molecular weight is 415 g/mol. The smallest absolute Gasteiger partial charge is 0.222 e. The van der Waals surface area contributed by atoms with Gasteiger partial charge in [-0.2, -0.15) is 0 Å². The van der Waals surface area contributed by atoms with Crippen molar-refractivity contribution in [3.05, 3.63) is 83.4 Å². The first-order valence-electron chi connectivity index (χ1n) is 10.9. The van der Waals surface area contributed by atoms with E-state index in [0.717, 1.165) is 18.9 Å². The van der Waals surface area contributed by atoms with Crippen LogP contribution in [0.5, 0.6) is 0 Å². The molecule has 5 nitrogen and oxygen atoms in total. The summed E-state index contributed by atoms with van der Waals surface area (Å²) < 4.78 is 0. The van der Waals surface area contributed by atoms with Gasteiger partial charge in [0, 0.05) is 33.1 Å². The van der Waals surface area contributed by atoms with Crippen LogP contribution in [0.3, 0.4) is 0 Å². The van der Waals surface area contributed by atoms with Gasteiger partial charge in [0.2, 0.25) is 5.91 Å². The number of carbonyl (C=O) groups is 1. The van der Waals surface area contributed by atoms with Crippen molar-refractivity contribution in [1.29, 1.82) is 0 Å². The minimum atomic E-state index is 0.128. The monoisotopic (exact) mass is 414 g/mol. The highest BCUT2D eigenvalue weighted by molar-refractivity contribution is 5.84. The van der Waals surface area contributed by atoms with Crippen LogP contribution in [0.4, 0.5) is 0 Å². The summed E-state index contributed by atoms with van der Waals surface area (Å²) in [5.74, 6) is 1.02. The molecule has 3 aromatic rings. The Hall–Kier alpha value is -3.34. The topological polar surface area (TPSA) is 56.7 Å². The number of guanidine groups is 1. The van der Waals surface area contributed by atoms with Crippen molar-refractivity contribution in [2.75, 3.05) is 13.6 Å². The molecule has 3 aromatic carbocycles. The SMILES string of the molecule is CN=C(NCc1cccc(CN2CCCC2=O)c1)NC(C)c1ccc2ccccc2c1. The molecule has 160 valence electrons. The minimum Gasteiger partial charge on any atom is -0.352 e. The number of carbonyl (C=O) groups excluding carboxylic acids is 1. The number of hydrogen-bond donors (Lipinski definition) is 2. The van der Waals surface area contributed by atoms with E-state index in [1.807, 2.05) is 4.90 Å². The molecule has 31 heavy (non-hydrogen) atoms. The van der Waals surface area contributed by atoms with Crippen molar-refractivity contribution < 1.29 is 4.79 Å².